The molecule has 9 heteroatoms. The van der Waals surface area contributed by atoms with Crippen LogP contribution in [-0.2, 0) is 11.2 Å². The van der Waals surface area contributed by atoms with Crippen LogP contribution >= 0.6 is 0 Å². The van der Waals surface area contributed by atoms with E-state index in [1.54, 1.807) is 11.9 Å². The van der Waals surface area contributed by atoms with Crippen molar-refractivity contribution in [2.45, 2.75) is 51.4 Å². The van der Waals surface area contributed by atoms with Gasteiger partial charge >= 0.3 is 6.03 Å². The Morgan fingerprint density at radius 2 is 2.10 bits per heavy atom. The van der Waals surface area contributed by atoms with Crippen LogP contribution in [0.4, 0.5) is 4.79 Å². The molecule has 0 aliphatic carbocycles. The monoisotopic (exact) mass is 417 g/mol. The summed E-state index contributed by atoms with van der Waals surface area (Å²) >= 11 is 0. The Morgan fingerprint density at radius 3 is 2.83 bits per heavy atom. The van der Waals surface area contributed by atoms with Crippen molar-refractivity contribution in [1.82, 2.24) is 20.4 Å². The number of rotatable bonds is 9. The van der Waals surface area contributed by atoms with Gasteiger partial charge in [0, 0.05) is 13.6 Å². The van der Waals surface area contributed by atoms with Crippen LogP contribution in [0.1, 0.15) is 32.3 Å². The number of β-amino-alcohol motifs (C(OH)–C–C–N with tert-alkyl or cyclic N) is 1. The maximum absolute atomic E-state index is 12.5. The first-order chi connectivity index (χ1) is 14.4. The molecule has 2 fully saturated rings. The predicted octanol–water partition coefficient (Wildman–Crippen LogP) is 0.926. The Kier molecular flexibility index (Phi) is 7.15. The fourth-order valence-corrected chi connectivity index (χ4v) is 3.59. The lowest BCUT2D eigenvalue weighted by Gasteiger charge is -2.35. The van der Waals surface area contributed by atoms with Crippen LogP contribution in [0.25, 0.3) is 0 Å². The number of unbranched alkanes of at least 4 members (excludes halogenated alkanes) is 1. The lowest BCUT2D eigenvalue weighted by Crippen LogP contribution is -2.65. The number of aliphatic hydroxyl groups is 1. The lowest BCUT2D eigenvalue weighted by molar-refractivity contribution is -0.127. The number of hydrogen-bond donors (Lipinski definition) is 3. The van der Waals surface area contributed by atoms with E-state index in [1.165, 1.54) is 4.90 Å². The summed E-state index contributed by atoms with van der Waals surface area (Å²) in [7, 11) is 1.62. The second kappa shape index (κ2) is 9.80. The topological polar surface area (TPSA) is 106 Å². The van der Waals surface area contributed by atoms with E-state index in [-0.39, 0.29) is 13.2 Å². The summed E-state index contributed by atoms with van der Waals surface area (Å²) in [6, 6.07) is 6.64. The first-order valence-electron chi connectivity index (χ1n) is 10.5. The molecular weight excluding hydrogens is 386 g/mol. The summed E-state index contributed by atoms with van der Waals surface area (Å²) < 4.78 is 5.75. The van der Waals surface area contributed by atoms with Gasteiger partial charge in [-0.2, -0.15) is 0 Å². The third kappa shape index (κ3) is 4.84. The number of fused-ring (bicyclic) bond motifs is 1. The maximum Gasteiger partial charge on any atom is 0.325 e. The number of guanidine groups is 1. The van der Waals surface area contributed by atoms with Crippen molar-refractivity contribution in [1.29, 1.82) is 0 Å². The molecule has 2 heterocycles. The van der Waals surface area contributed by atoms with Crippen LogP contribution in [-0.4, -0.2) is 77.9 Å². The number of nitrogens with one attached hydrogen (secondary N) is 2. The smallest absolute Gasteiger partial charge is 0.325 e. The first kappa shape index (κ1) is 21.9. The van der Waals surface area contributed by atoms with E-state index in [9.17, 15) is 14.7 Å². The van der Waals surface area contributed by atoms with Crippen LogP contribution in [0.3, 0.4) is 0 Å². The van der Waals surface area contributed by atoms with Gasteiger partial charge in [0.2, 0.25) is 0 Å². The Labute approximate surface area is 177 Å². The third-order valence-corrected chi connectivity index (χ3v) is 5.35. The summed E-state index contributed by atoms with van der Waals surface area (Å²) in [5.74, 6) is 0.811. The molecule has 30 heavy (non-hydrogen) atoms. The zero-order valence-electron chi connectivity index (χ0n) is 17.8. The fourth-order valence-electron chi connectivity index (χ4n) is 3.59. The molecule has 1 aromatic rings. The molecule has 2 aliphatic heterocycles. The van der Waals surface area contributed by atoms with E-state index in [1.807, 2.05) is 24.3 Å². The average molecular weight is 418 g/mol. The highest BCUT2D eigenvalue weighted by Crippen LogP contribution is 2.21. The molecular formula is C21H31N5O4. The number of likely N-dealkylation sites (N-methyl/N-ethyl adjacent to an activating group) is 1. The molecule has 164 valence electrons. The number of imide groups is 1. The van der Waals surface area contributed by atoms with Gasteiger partial charge in [0.1, 0.15) is 24.6 Å². The van der Waals surface area contributed by atoms with Crippen LogP contribution in [0.15, 0.2) is 29.3 Å². The van der Waals surface area contributed by atoms with Crippen LogP contribution in [0.2, 0.25) is 0 Å². The Morgan fingerprint density at radius 1 is 1.30 bits per heavy atom. The summed E-state index contributed by atoms with van der Waals surface area (Å²) in [5, 5.41) is 16.2. The zero-order valence-corrected chi connectivity index (χ0v) is 17.8. The number of amides is 3. The minimum absolute atomic E-state index is 0.0830. The molecule has 0 spiro atoms. The molecule has 3 unspecified atom stereocenters. The quantitative estimate of drug-likeness (QED) is 0.516. The third-order valence-electron chi connectivity index (χ3n) is 5.35. The standard InChI is InChI=1S/C21H31N5O4/c1-4-6-10-22-20-23-18-17(19(28)24-21(29)25(18)3)26(20)12-15(27)13-30-16-9-7-8-14(5-2)11-16/h7-9,11,15,17-18,27H,4-6,10,12-13H2,1-3H3,(H,22,23)(H,24,28,29). The van der Waals surface area contributed by atoms with Gasteiger partial charge in [-0.15, -0.1) is 0 Å². The number of aryl methyl sites for hydroxylation is 1. The maximum atomic E-state index is 12.5. The van der Waals surface area contributed by atoms with E-state index in [2.05, 4.69) is 29.5 Å². The van der Waals surface area contributed by atoms with Crippen molar-refractivity contribution in [3.8, 4) is 5.75 Å². The van der Waals surface area contributed by atoms with Gasteiger partial charge in [-0.05, 0) is 30.5 Å². The Hall–Kier alpha value is -2.81. The van der Waals surface area contributed by atoms with Crippen molar-refractivity contribution in [2.75, 3.05) is 26.7 Å². The van der Waals surface area contributed by atoms with Gasteiger partial charge in [-0.3, -0.25) is 15.1 Å². The van der Waals surface area contributed by atoms with E-state index in [4.69, 9.17) is 4.74 Å². The van der Waals surface area contributed by atoms with Gasteiger partial charge in [-0.25, -0.2) is 4.79 Å². The minimum Gasteiger partial charge on any atom is -0.491 e. The summed E-state index contributed by atoms with van der Waals surface area (Å²) in [6.45, 7) is 4.99. The van der Waals surface area contributed by atoms with E-state index < -0.39 is 30.2 Å². The molecule has 3 atom stereocenters. The molecule has 2 saturated heterocycles. The minimum atomic E-state index is -0.844. The van der Waals surface area contributed by atoms with Crippen LogP contribution in [0.5, 0.6) is 5.75 Å². The first-order valence-corrected chi connectivity index (χ1v) is 10.5. The summed E-state index contributed by atoms with van der Waals surface area (Å²) in [4.78, 5) is 32.3. The highest BCUT2D eigenvalue weighted by Gasteiger charge is 2.50. The van der Waals surface area contributed by atoms with Gasteiger partial charge in [0.25, 0.3) is 5.91 Å². The van der Waals surface area contributed by atoms with Gasteiger partial charge in [0.05, 0.1) is 6.54 Å². The van der Waals surface area contributed by atoms with Gasteiger partial charge in [-0.1, -0.05) is 32.4 Å². The van der Waals surface area contributed by atoms with Crippen LogP contribution < -0.4 is 15.4 Å². The van der Waals surface area contributed by atoms with Crippen molar-refractivity contribution in [2.24, 2.45) is 4.99 Å². The summed E-state index contributed by atoms with van der Waals surface area (Å²) in [5.41, 5.74) is 1.16. The number of carbonyl (C=O) groups excluding carboxylic acids is 2. The number of hydrogen-bond acceptors (Lipinski definition) is 5. The molecule has 0 radical (unpaired) electrons. The average Bonchev–Trinajstić information content (AvgIpc) is 3.09. The number of urea groups is 1. The largest absolute Gasteiger partial charge is 0.491 e. The molecule has 0 aromatic heterocycles. The van der Waals surface area contributed by atoms with E-state index in [0.717, 1.165) is 24.8 Å². The molecule has 1 aromatic carbocycles. The zero-order chi connectivity index (χ0) is 21.7. The van der Waals surface area contributed by atoms with E-state index >= 15 is 0 Å². The molecule has 3 N–H and O–H groups in total. The number of aliphatic hydroxyl groups excluding tert-OH is 1. The Bertz CT molecular complexity index is 799. The second-order valence-corrected chi connectivity index (χ2v) is 7.62. The number of aliphatic imine (C=N–C) groups is 1. The second-order valence-electron chi connectivity index (χ2n) is 7.62. The van der Waals surface area contributed by atoms with Crippen molar-refractivity contribution in [3.05, 3.63) is 29.8 Å². The number of nitrogens with zero attached hydrogens (tertiary/aromatic N) is 3. The SMILES string of the molecule is CCCCN=C1NC2C(C(=O)NC(=O)N2C)N1CC(O)COc1cccc(CC)c1. The normalized spacial score (nSPS) is 23.3. The molecule has 3 amide bonds. The fraction of sp³-hybridized carbons (Fsp3) is 0.571. The number of carbonyl (C=O) groups is 2. The molecule has 3 rings (SSSR count). The highest BCUT2D eigenvalue weighted by molar-refractivity contribution is 6.04. The molecule has 2 aliphatic rings. The van der Waals surface area contributed by atoms with Crippen LogP contribution in [0, 0.1) is 0 Å². The van der Waals surface area contributed by atoms with Crippen molar-refractivity contribution >= 4 is 17.9 Å². The molecule has 0 bridgehead atoms. The summed E-state index contributed by atoms with van der Waals surface area (Å²) in [6.07, 6.45) is 1.44. The number of benzene rings is 1. The van der Waals surface area contributed by atoms with E-state index in [0.29, 0.717) is 18.3 Å². The predicted molar refractivity (Wildman–Crippen MR) is 113 cm³/mol. The number of ether oxygens (including phenoxy) is 1. The Balaban J connectivity index is 1.70. The van der Waals surface area contributed by atoms with Gasteiger partial charge in [0.15, 0.2) is 12.0 Å². The molecule has 0 saturated carbocycles. The van der Waals surface area contributed by atoms with Gasteiger partial charge < -0.3 is 25.0 Å². The van der Waals surface area contributed by atoms with Crippen molar-refractivity contribution < 1.29 is 19.4 Å². The highest BCUT2D eigenvalue weighted by atomic mass is 16.5. The lowest BCUT2D eigenvalue weighted by atomic mass is 10.1. The molecule has 9 nitrogen and oxygen atoms in total. The van der Waals surface area contributed by atoms with Crippen molar-refractivity contribution in [3.63, 3.8) is 0 Å².